The van der Waals surface area contributed by atoms with Gasteiger partial charge in [-0.1, -0.05) is 24.3 Å². The second kappa shape index (κ2) is 8.62. The SMILES string of the molecule is CS(=O)(=O)CCc1ccc(NC(=O)CCc2ccc(C(=O)O)cc2)cc1. The van der Waals surface area contributed by atoms with Gasteiger partial charge in [-0.2, -0.15) is 0 Å². The highest BCUT2D eigenvalue weighted by Gasteiger charge is 2.06. The third-order valence-electron chi connectivity index (χ3n) is 3.84. The third-order valence-corrected chi connectivity index (χ3v) is 4.79. The summed E-state index contributed by atoms with van der Waals surface area (Å²) in [5.41, 5.74) is 2.65. The van der Waals surface area contributed by atoms with Gasteiger partial charge in [0, 0.05) is 18.4 Å². The van der Waals surface area contributed by atoms with Crippen LogP contribution < -0.4 is 5.32 Å². The zero-order valence-electron chi connectivity index (χ0n) is 14.4. The van der Waals surface area contributed by atoms with E-state index in [1.807, 2.05) is 0 Å². The van der Waals surface area contributed by atoms with Crippen LogP contribution >= 0.6 is 0 Å². The zero-order valence-corrected chi connectivity index (χ0v) is 15.3. The van der Waals surface area contributed by atoms with Crippen LogP contribution in [0.3, 0.4) is 0 Å². The third kappa shape index (κ3) is 6.68. The van der Waals surface area contributed by atoms with E-state index in [-0.39, 0.29) is 23.6 Å². The lowest BCUT2D eigenvalue weighted by molar-refractivity contribution is -0.116. The number of carboxylic acids is 1. The standard InChI is InChI=1S/C19H21NO5S/c1-26(24,25)13-12-15-4-9-17(10-5-15)20-18(21)11-6-14-2-7-16(8-3-14)19(22)23/h2-5,7-10H,6,11-13H2,1H3,(H,20,21)(H,22,23). The van der Waals surface area contributed by atoms with E-state index in [0.717, 1.165) is 11.1 Å². The lowest BCUT2D eigenvalue weighted by Crippen LogP contribution is -2.12. The van der Waals surface area contributed by atoms with Gasteiger partial charge in [-0.15, -0.1) is 0 Å². The summed E-state index contributed by atoms with van der Waals surface area (Å²) in [5.74, 6) is -1.02. The number of anilines is 1. The summed E-state index contributed by atoms with van der Waals surface area (Å²) in [7, 11) is -2.99. The summed E-state index contributed by atoms with van der Waals surface area (Å²) in [6, 6.07) is 13.5. The first-order valence-corrected chi connectivity index (χ1v) is 10.2. The molecule has 0 spiro atoms. The van der Waals surface area contributed by atoms with Crippen molar-refractivity contribution in [1.82, 2.24) is 0 Å². The van der Waals surface area contributed by atoms with Crippen LogP contribution in [-0.2, 0) is 27.5 Å². The summed E-state index contributed by atoms with van der Waals surface area (Å²) < 4.78 is 22.3. The van der Waals surface area contributed by atoms with Crippen molar-refractivity contribution in [3.63, 3.8) is 0 Å². The molecular weight excluding hydrogens is 354 g/mol. The van der Waals surface area contributed by atoms with Gasteiger partial charge in [0.05, 0.1) is 11.3 Å². The topological polar surface area (TPSA) is 101 Å². The highest BCUT2D eigenvalue weighted by atomic mass is 32.2. The van der Waals surface area contributed by atoms with Gasteiger partial charge in [-0.3, -0.25) is 4.79 Å². The number of sulfone groups is 1. The van der Waals surface area contributed by atoms with Crippen molar-refractivity contribution in [2.75, 3.05) is 17.3 Å². The first-order valence-electron chi connectivity index (χ1n) is 8.12. The molecule has 0 aromatic heterocycles. The fraction of sp³-hybridized carbons (Fsp3) is 0.263. The Kier molecular flexibility index (Phi) is 6.52. The average molecular weight is 375 g/mol. The van der Waals surface area contributed by atoms with E-state index in [4.69, 9.17) is 5.11 Å². The van der Waals surface area contributed by atoms with Crippen molar-refractivity contribution in [3.05, 3.63) is 65.2 Å². The molecule has 26 heavy (non-hydrogen) atoms. The summed E-state index contributed by atoms with van der Waals surface area (Å²) in [4.78, 5) is 22.8. The molecule has 0 saturated heterocycles. The van der Waals surface area contributed by atoms with Gasteiger partial charge in [-0.25, -0.2) is 13.2 Å². The van der Waals surface area contributed by atoms with E-state index in [1.165, 1.54) is 18.4 Å². The molecule has 0 aliphatic heterocycles. The van der Waals surface area contributed by atoms with Crippen molar-refractivity contribution < 1.29 is 23.1 Å². The second-order valence-electron chi connectivity index (χ2n) is 6.13. The molecule has 0 heterocycles. The van der Waals surface area contributed by atoms with E-state index in [1.54, 1.807) is 36.4 Å². The van der Waals surface area contributed by atoms with Crippen molar-refractivity contribution >= 4 is 27.4 Å². The Hall–Kier alpha value is -2.67. The highest BCUT2D eigenvalue weighted by Crippen LogP contribution is 2.12. The van der Waals surface area contributed by atoms with E-state index < -0.39 is 15.8 Å². The minimum Gasteiger partial charge on any atom is -0.478 e. The number of amides is 1. The predicted octanol–water partition coefficient (Wildman–Crippen LogP) is 2.54. The molecule has 0 fully saturated rings. The lowest BCUT2D eigenvalue weighted by atomic mass is 10.1. The van der Waals surface area contributed by atoms with Crippen LogP contribution in [0.4, 0.5) is 5.69 Å². The molecule has 0 aliphatic carbocycles. The summed E-state index contributed by atoms with van der Waals surface area (Å²) >= 11 is 0. The average Bonchev–Trinajstić information content (AvgIpc) is 2.59. The number of aromatic carboxylic acids is 1. The molecule has 7 heteroatoms. The Bertz CT molecular complexity index is 871. The minimum atomic E-state index is -2.99. The van der Waals surface area contributed by atoms with Crippen molar-refractivity contribution in [2.24, 2.45) is 0 Å². The number of rotatable bonds is 8. The monoisotopic (exact) mass is 375 g/mol. The quantitative estimate of drug-likeness (QED) is 0.738. The summed E-state index contributed by atoms with van der Waals surface area (Å²) in [5, 5.41) is 11.6. The molecule has 0 atom stereocenters. The number of hydrogen-bond donors (Lipinski definition) is 2. The molecule has 2 aromatic carbocycles. The van der Waals surface area contributed by atoms with Crippen molar-refractivity contribution in [1.29, 1.82) is 0 Å². The van der Waals surface area contributed by atoms with Crippen LogP contribution in [0.5, 0.6) is 0 Å². The Labute approximate surface area is 152 Å². The molecule has 138 valence electrons. The van der Waals surface area contributed by atoms with Gasteiger partial charge in [-0.05, 0) is 48.2 Å². The number of hydrogen-bond acceptors (Lipinski definition) is 4. The Morgan fingerprint density at radius 2 is 1.46 bits per heavy atom. The van der Waals surface area contributed by atoms with Gasteiger partial charge in [0.15, 0.2) is 0 Å². The maximum atomic E-state index is 12.0. The maximum Gasteiger partial charge on any atom is 0.335 e. The predicted molar refractivity (Wildman–Crippen MR) is 100 cm³/mol. The first kappa shape index (κ1) is 19.7. The molecule has 0 aliphatic rings. The fourth-order valence-corrected chi connectivity index (χ4v) is 2.96. The van der Waals surface area contributed by atoms with Crippen LogP contribution in [0.2, 0.25) is 0 Å². The van der Waals surface area contributed by atoms with Crippen LogP contribution in [0.1, 0.15) is 27.9 Å². The molecule has 2 aromatic rings. The molecule has 0 unspecified atom stereocenters. The van der Waals surface area contributed by atoms with Gasteiger partial charge < -0.3 is 10.4 Å². The molecule has 2 N–H and O–H groups in total. The maximum absolute atomic E-state index is 12.0. The molecule has 0 saturated carbocycles. The van der Waals surface area contributed by atoms with Crippen LogP contribution in [0, 0.1) is 0 Å². The summed E-state index contributed by atoms with van der Waals surface area (Å²) in [6.45, 7) is 0. The highest BCUT2D eigenvalue weighted by molar-refractivity contribution is 7.90. The minimum absolute atomic E-state index is 0.0966. The van der Waals surface area contributed by atoms with E-state index in [0.29, 0.717) is 18.5 Å². The molecule has 2 rings (SSSR count). The number of aryl methyl sites for hydroxylation is 2. The van der Waals surface area contributed by atoms with Gasteiger partial charge in [0.2, 0.25) is 5.91 Å². The number of carbonyl (C=O) groups is 2. The van der Waals surface area contributed by atoms with E-state index in [9.17, 15) is 18.0 Å². The normalized spacial score (nSPS) is 11.1. The number of carboxylic acid groups (broad SMARTS) is 1. The van der Waals surface area contributed by atoms with Crippen molar-refractivity contribution in [2.45, 2.75) is 19.3 Å². The van der Waals surface area contributed by atoms with E-state index >= 15 is 0 Å². The second-order valence-corrected chi connectivity index (χ2v) is 8.39. The fourth-order valence-electron chi connectivity index (χ4n) is 2.35. The molecule has 0 bridgehead atoms. The first-order chi connectivity index (χ1) is 12.2. The molecule has 6 nitrogen and oxygen atoms in total. The molecule has 0 radical (unpaired) electrons. The van der Waals surface area contributed by atoms with Gasteiger partial charge in [0.1, 0.15) is 9.84 Å². The number of benzene rings is 2. The number of nitrogens with one attached hydrogen (secondary N) is 1. The smallest absolute Gasteiger partial charge is 0.335 e. The Morgan fingerprint density at radius 3 is 2.00 bits per heavy atom. The van der Waals surface area contributed by atoms with Crippen LogP contribution in [0.25, 0.3) is 0 Å². The van der Waals surface area contributed by atoms with Crippen LogP contribution in [0.15, 0.2) is 48.5 Å². The van der Waals surface area contributed by atoms with Gasteiger partial charge >= 0.3 is 5.97 Å². The zero-order chi connectivity index (χ0) is 19.2. The van der Waals surface area contributed by atoms with E-state index in [2.05, 4.69) is 5.32 Å². The molecule has 1 amide bonds. The largest absolute Gasteiger partial charge is 0.478 e. The van der Waals surface area contributed by atoms with Crippen molar-refractivity contribution in [3.8, 4) is 0 Å². The Balaban J connectivity index is 1.82. The summed E-state index contributed by atoms with van der Waals surface area (Å²) in [6.07, 6.45) is 2.44. The number of carbonyl (C=O) groups excluding carboxylic acids is 1. The van der Waals surface area contributed by atoms with Gasteiger partial charge in [0.25, 0.3) is 0 Å². The van der Waals surface area contributed by atoms with Crippen LogP contribution in [-0.4, -0.2) is 37.4 Å². The lowest BCUT2D eigenvalue weighted by Gasteiger charge is -2.07. The Morgan fingerprint density at radius 1 is 0.923 bits per heavy atom. The molecular formula is C19H21NO5S.